The maximum atomic E-state index is 4.40. The molecule has 0 radical (unpaired) electrons. The molecule has 0 bridgehead atoms. The molecule has 6 aromatic rings. The molecule has 0 saturated carbocycles. The van der Waals surface area contributed by atoms with Gasteiger partial charge in [-0.2, -0.15) is 5.10 Å². The summed E-state index contributed by atoms with van der Waals surface area (Å²) in [6, 6.07) is 15.7. The molecule has 0 aliphatic heterocycles. The Hall–Kier alpha value is -3.93. The van der Waals surface area contributed by atoms with Crippen molar-refractivity contribution in [3.63, 3.8) is 0 Å². The molecule has 5 aromatic heterocycles. The Labute approximate surface area is 270 Å². The molecule has 0 fully saturated rings. The second-order valence-corrected chi connectivity index (χ2v) is 14.0. The van der Waals surface area contributed by atoms with Crippen LogP contribution in [0.1, 0.15) is 147 Å². The summed E-state index contributed by atoms with van der Waals surface area (Å²) in [7, 11) is 0. The van der Waals surface area contributed by atoms with Gasteiger partial charge in [0, 0.05) is 35.9 Å². The summed E-state index contributed by atoms with van der Waals surface area (Å²) in [5, 5.41) is 4.36. The largest absolute Gasteiger partial charge is 0.328 e. The van der Waals surface area contributed by atoms with Crippen molar-refractivity contribution in [1.29, 1.82) is 0 Å². The highest BCUT2D eigenvalue weighted by Crippen LogP contribution is 2.25. The van der Waals surface area contributed by atoms with E-state index in [0.717, 1.165) is 11.2 Å². The van der Waals surface area contributed by atoms with Crippen LogP contribution in [0.2, 0.25) is 0 Å². The van der Waals surface area contributed by atoms with Crippen LogP contribution >= 0.6 is 0 Å². The number of benzene rings is 1. The minimum absolute atomic E-state index is 0.470. The van der Waals surface area contributed by atoms with Crippen LogP contribution in [0.15, 0.2) is 73.6 Å². The van der Waals surface area contributed by atoms with Gasteiger partial charge in [0.15, 0.2) is 0 Å². The van der Waals surface area contributed by atoms with Crippen LogP contribution in [0.5, 0.6) is 0 Å². The van der Waals surface area contributed by atoms with Crippen molar-refractivity contribution in [2.24, 2.45) is 0 Å². The van der Waals surface area contributed by atoms with Crippen LogP contribution in [0.3, 0.4) is 0 Å². The van der Waals surface area contributed by atoms with E-state index >= 15 is 0 Å². The van der Waals surface area contributed by atoms with Crippen molar-refractivity contribution < 1.29 is 0 Å². The standard InChI is InChI=1S/3C13H18N2/c1-9(2)11-5-6-13-14-7-12(10(3)4)15(13)8-11;1-9(2)11-5-6-15-13(7-11)12(8-14-15)10(3)4;1-9(2)11-5-6-12-13(7-11)15(8-14-12)10(3)4/h3*5-10H,1-4H3. The molecule has 0 unspecified atom stereocenters. The number of fused-ring (bicyclic) bond motifs is 3. The Bertz CT molecular complexity index is 1610. The van der Waals surface area contributed by atoms with Crippen LogP contribution < -0.4 is 0 Å². The first-order valence-electron chi connectivity index (χ1n) is 16.7. The molecular weight excluding hydrogens is 552 g/mol. The smallest absolute Gasteiger partial charge is 0.136 e. The number of imidazole rings is 2. The van der Waals surface area contributed by atoms with Gasteiger partial charge in [0.25, 0.3) is 0 Å². The van der Waals surface area contributed by atoms with Gasteiger partial charge in [0.2, 0.25) is 0 Å². The van der Waals surface area contributed by atoms with Crippen molar-refractivity contribution in [1.82, 2.24) is 28.5 Å². The zero-order valence-electron chi connectivity index (χ0n) is 29.6. The van der Waals surface area contributed by atoms with Gasteiger partial charge in [0.1, 0.15) is 5.65 Å². The van der Waals surface area contributed by atoms with Gasteiger partial charge in [-0.25, -0.2) is 14.5 Å². The van der Waals surface area contributed by atoms with E-state index in [9.17, 15) is 0 Å². The lowest BCUT2D eigenvalue weighted by atomic mass is 10.0. The predicted octanol–water partition coefficient (Wildman–Crippen LogP) is 10.9. The molecule has 6 rings (SSSR count). The van der Waals surface area contributed by atoms with Crippen molar-refractivity contribution in [3.8, 4) is 0 Å². The molecule has 240 valence electrons. The van der Waals surface area contributed by atoms with Gasteiger partial charge in [-0.1, -0.05) is 81.4 Å². The molecule has 45 heavy (non-hydrogen) atoms. The molecule has 6 nitrogen and oxygen atoms in total. The average molecular weight is 607 g/mol. The minimum atomic E-state index is 0.470. The summed E-state index contributed by atoms with van der Waals surface area (Å²) in [5.41, 5.74) is 11.4. The summed E-state index contributed by atoms with van der Waals surface area (Å²) < 4.78 is 6.39. The fourth-order valence-corrected chi connectivity index (χ4v) is 5.42. The molecule has 0 aliphatic carbocycles. The highest BCUT2D eigenvalue weighted by atomic mass is 15.2. The van der Waals surface area contributed by atoms with Gasteiger partial charge in [0.05, 0.1) is 29.1 Å². The third-order valence-corrected chi connectivity index (χ3v) is 8.50. The topological polar surface area (TPSA) is 52.4 Å². The molecule has 0 spiro atoms. The van der Waals surface area contributed by atoms with Crippen LogP contribution in [0.25, 0.3) is 22.2 Å². The molecule has 0 N–H and O–H groups in total. The SMILES string of the molecule is CC(C)c1ccc2ncc(C(C)C)n2c1.CC(C)c1ccc2ncn(C(C)C)c2c1.CC(C)c1ccn2ncc(C(C)C)c2c1. The van der Waals surface area contributed by atoms with Crippen LogP contribution in [0, 0.1) is 0 Å². The zero-order valence-corrected chi connectivity index (χ0v) is 29.6. The summed E-state index contributed by atoms with van der Waals surface area (Å²) in [4.78, 5) is 8.81. The molecule has 1 aromatic carbocycles. The molecule has 5 heterocycles. The predicted molar refractivity (Wildman–Crippen MR) is 191 cm³/mol. The minimum Gasteiger partial charge on any atom is -0.328 e. The van der Waals surface area contributed by atoms with Crippen LogP contribution in [-0.2, 0) is 0 Å². The van der Waals surface area contributed by atoms with Gasteiger partial charge >= 0.3 is 0 Å². The molecule has 0 saturated heterocycles. The Morgan fingerprint density at radius 1 is 0.578 bits per heavy atom. The third-order valence-electron chi connectivity index (χ3n) is 8.50. The second kappa shape index (κ2) is 14.4. The van der Waals surface area contributed by atoms with Crippen LogP contribution in [-0.4, -0.2) is 28.5 Å². The lowest BCUT2D eigenvalue weighted by molar-refractivity contribution is 0.617. The first kappa shape index (κ1) is 34.0. The molecule has 0 aliphatic rings. The van der Waals surface area contributed by atoms with E-state index < -0.39 is 0 Å². The quantitative estimate of drug-likeness (QED) is 0.189. The average Bonchev–Trinajstić information content (AvgIpc) is 3.73. The normalized spacial score (nSPS) is 11.9. The van der Waals surface area contributed by atoms with Gasteiger partial charge in [-0.3, -0.25) is 0 Å². The third kappa shape index (κ3) is 7.84. The fourth-order valence-electron chi connectivity index (χ4n) is 5.42. The van der Waals surface area contributed by atoms with Crippen molar-refractivity contribution in [2.45, 2.75) is 119 Å². The van der Waals surface area contributed by atoms with Crippen LogP contribution in [0.4, 0.5) is 0 Å². The van der Waals surface area contributed by atoms with Gasteiger partial charge in [-0.05, 0) is 90.5 Å². The Morgan fingerprint density at radius 2 is 1.20 bits per heavy atom. The number of pyridine rings is 2. The van der Waals surface area contributed by atoms with Crippen molar-refractivity contribution in [2.75, 3.05) is 0 Å². The summed E-state index contributed by atoms with van der Waals surface area (Å²) in [6.07, 6.45) is 10.1. The maximum Gasteiger partial charge on any atom is 0.136 e. The van der Waals surface area contributed by atoms with E-state index in [0.29, 0.717) is 35.6 Å². The zero-order chi connectivity index (χ0) is 33.0. The van der Waals surface area contributed by atoms with E-state index in [1.54, 1.807) is 0 Å². The van der Waals surface area contributed by atoms with E-state index in [1.807, 2.05) is 23.2 Å². The monoisotopic (exact) mass is 606 g/mol. The molecular formula is C39H54N6. The lowest BCUT2D eigenvalue weighted by Crippen LogP contribution is -1.98. The summed E-state index contributed by atoms with van der Waals surface area (Å²) >= 11 is 0. The fraction of sp³-hybridized carbons (Fsp3) is 0.462. The molecule has 0 amide bonds. The van der Waals surface area contributed by atoms with E-state index in [2.05, 4.69) is 162 Å². The molecule has 6 heteroatoms. The maximum absolute atomic E-state index is 4.40. The van der Waals surface area contributed by atoms with E-state index in [4.69, 9.17) is 0 Å². The van der Waals surface area contributed by atoms with Crippen molar-refractivity contribution >= 4 is 22.2 Å². The first-order chi connectivity index (χ1) is 21.3. The number of hydrogen-bond acceptors (Lipinski definition) is 3. The Balaban J connectivity index is 0.000000154. The van der Waals surface area contributed by atoms with E-state index in [1.165, 1.54) is 39.0 Å². The number of nitrogens with zero attached hydrogens (tertiary/aromatic N) is 6. The number of hydrogen-bond donors (Lipinski definition) is 0. The lowest BCUT2D eigenvalue weighted by Gasteiger charge is -2.10. The Kier molecular flexibility index (Phi) is 10.9. The number of rotatable bonds is 6. The Morgan fingerprint density at radius 3 is 1.80 bits per heavy atom. The highest BCUT2D eigenvalue weighted by Gasteiger charge is 2.11. The van der Waals surface area contributed by atoms with Gasteiger partial charge in [-0.15, -0.1) is 0 Å². The van der Waals surface area contributed by atoms with E-state index in [-0.39, 0.29) is 0 Å². The van der Waals surface area contributed by atoms with Crippen molar-refractivity contribution in [3.05, 3.63) is 102 Å². The molecule has 0 atom stereocenters. The number of aromatic nitrogens is 6. The first-order valence-corrected chi connectivity index (χ1v) is 16.7. The van der Waals surface area contributed by atoms with Gasteiger partial charge < -0.3 is 8.97 Å². The summed E-state index contributed by atoms with van der Waals surface area (Å²) in [6.45, 7) is 26.5. The summed E-state index contributed by atoms with van der Waals surface area (Å²) in [5.74, 6) is 2.76. The highest BCUT2D eigenvalue weighted by molar-refractivity contribution is 5.76. The second-order valence-electron chi connectivity index (χ2n) is 14.0.